The zero-order valence-corrected chi connectivity index (χ0v) is 11.8. The van der Waals surface area contributed by atoms with Crippen LogP contribution in [0.25, 0.3) is 22.3 Å². The molecule has 0 unspecified atom stereocenters. The first-order chi connectivity index (χ1) is 10.8. The summed E-state index contributed by atoms with van der Waals surface area (Å²) in [7, 11) is 1.64. The molecule has 5 rings (SSSR count). The van der Waals surface area contributed by atoms with Crippen LogP contribution in [-0.4, -0.2) is 13.9 Å². The normalized spacial score (nSPS) is 14.4. The molecule has 0 spiro atoms. The predicted octanol–water partition coefficient (Wildman–Crippen LogP) is 3.73. The number of benzene rings is 2. The Kier molecular flexibility index (Phi) is 2.20. The third kappa shape index (κ3) is 1.48. The average molecular weight is 296 g/mol. The van der Waals surface area contributed by atoms with E-state index in [2.05, 4.69) is 0 Å². The van der Waals surface area contributed by atoms with Crippen molar-refractivity contribution in [2.24, 2.45) is 0 Å². The molecule has 3 heterocycles. The second-order valence-corrected chi connectivity index (χ2v) is 5.26. The van der Waals surface area contributed by atoms with Gasteiger partial charge in [-0.2, -0.15) is 0 Å². The molecule has 0 fully saturated rings. The van der Waals surface area contributed by atoms with Crippen LogP contribution in [0.2, 0.25) is 0 Å². The molecule has 0 N–H and O–H groups in total. The van der Waals surface area contributed by atoms with Crippen molar-refractivity contribution in [1.82, 2.24) is 0 Å². The molecule has 2 aliphatic rings. The van der Waals surface area contributed by atoms with Crippen molar-refractivity contribution >= 4 is 11.0 Å². The predicted molar refractivity (Wildman–Crippen MR) is 78.7 cm³/mol. The zero-order chi connectivity index (χ0) is 14.7. The summed E-state index contributed by atoms with van der Waals surface area (Å²) in [4.78, 5) is 0. The lowest BCUT2D eigenvalue weighted by Crippen LogP contribution is -2.03. The molecule has 5 heteroatoms. The molecule has 0 radical (unpaired) electrons. The topological polar surface area (TPSA) is 50.1 Å². The molecule has 0 saturated heterocycles. The van der Waals surface area contributed by atoms with E-state index in [0.717, 1.165) is 50.9 Å². The Morgan fingerprint density at radius 1 is 0.955 bits per heavy atom. The van der Waals surface area contributed by atoms with Crippen molar-refractivity contribution in [2.45, 2.75) is 6.61 Å². The second kappa shape index (κ2) is 4.10. The molecule has 110 valence electrons. The number of methoxy groups -OCH3 is 1. The third-order valence-electron chi connectivity index (χ3n) is 4.09. The van der Waals surface area contributed by atoms with E-state index < -0.39 is 0 Å². The smallest absolute Gasteiger partial charge is 0.231 e. The molecule has 0 amide bonds. The van der Waals surface area contributed by atoms with Crippen molar-refractivity contribution in [3.05, 3.63) is 35.9 Å². The highest BCUT2D eigenvalue weighted by atomic mass is 16.7. The van der Waals surface area contributed by atoms with Gasteiger partial charge in [-0.25, -0.2) is 0 Å². The highest BCUT2D eigenvalue weighted by molar-refractivity contribution is 5.92. The molecular formula is C17H12O5. The van der Waals surface area contributed by atoms with Gasteiger partial charge >= 0.3 is 0 Å². The van der Waals surface area contributed by atoms with Gasteiger partial charge in [0, 0.05) is 23.1 Å². The summed E-state index contributed by atoms with van der Waals surface area (Å²) in [6, 6.07) is 9.56. The Bertz CT molecular complexity index is 909. The lowest BCUT2D eigenvalue weighted by Gasteiger charge is -2.17. The maximum Gasteiger partial charge on any atom is 0.231 e. The summed E-state index contributed by atoms with van der Waals surface area (Å²) in [5.41, 5.74) is 2.74. The Morgan fingerprint density at radius 2 is 1.82 bits per heavy atom. The van der Waals surface area contributed by atoms with Crippen LogP contribution >= 0.6 is 0 Å². The quantitative estimate of drug-likeness (QED) is 0.685. The van der Waals surface area contributed by atoms with Crippen LogP contribution < -0.4 is 18.9 Å². The molecule has 0 aliphatic carbocycles. The fourth-order valence-corrected chi connectivity index (χ4v) is 2.98. The third-order valence-corrected chi connectivity index (χ3v) is 4.09. The second-order valence-electron chi connectivity index (χ2n) is 5.26. The van der Waals surface area contributed by atoms with E-state index in [0.29, 0.717) is 6.61 Å². The Morgan fingerprint density at radius 3 is 2.68 bits per heavy atom. The standard InChI is InChI=1S/C17H12O5/c1-18-9-2-3-10-13(4-9)19-7-12-11-5-15-16(21-8-20-15)6-14(11)22-17(10)12/h2-6H,7-8H2,1H3. The van der Waals surface area contributed by atoms with Gasteiger partial charge in [0.2, 0.25) is 6.79 Å². The summed E-state index contributed by atoms with van der Waals surface area (Å²) in [5, 5.41) is 1.00. The monoisotopic (exact) mass is 296 g/mol. The molecule has 3 aromatic rings. The molecule has 22 heavy (non-hydrogen) atoms. The van der Waals surface area contributed by atoms with Gasteiger partial charge in [-0.05, 0) is 18.2 Å². The molecule has 0 atom stereocenters. The molecule has 2 aromatic carbocycles. The van der Waals surface area contributed by atoms with Gasteiger partial charge in [0.05, 0.1) is 12.7 Å². The van der Waals surface area contributed by atoms with Gasteiger partial charge in [-0.3, -0.25) is 0 Å². The van der Waals surface area contributed by atoms with E-state index in [4.69, 9.17) is 23.4 Å². The molecule has 5 nitrogen and oxygen atoms in total. The summed E-state index contributed by atoms with van der Waals surface area (Å²) >= 11 is 0. The van der Waals surface area contributed by atoms with E-state index in [9.17, 15) is 0 Å². The average Bonchev–Trinajstić information content (AvgIpc) is 3.15. The minimum Gasteiger partial charge on any atom is -0.497 e. The van der Waals surface area contributed by atoms with Gasteiger partial charge in [0.15, 0.2) is 11.5 Å². The van der Waals surface area contributed by atoms with Gasteiger partial charge in [0.1, 0.15) is 29.4 Å². The Hall–Kier alpha value is -2.82. The fraction of sp³-hybridized carbons (Fsp3) is 0.176. The summed E-state index contributed by atoms with van der Waals surface area (Å²) in [6.07, 6.45) is 0. The maximum atomic E-state index is 6.06. The summed E-state index contributed by atoms with van der Waals surface area (Å²) in [5.74, 6) is 3.83. The van der Waals surface area contributed by atoms with E-state index in [1.165, 1.54) is 0 Å². The van der Waals surface area contributed by atoms with Crippen LogP contribution in [0.3, 0.4) is 0 Å². The molecule has 0 saturated carbocycles. The van der Waals surface area contributed by atoms with Crippen molar-refractivity contribution in [3.63, 3.8) is 0 Å². The van der Waals surface area contributed by atoms with Crippen LogP contribution in [-0.2, 0) is 6.61 Å². The van der Waals surface area contributed by atoms with Gasteiger partial charge in [-0.1, -0.05) is 0 Å². The zero-order valence-electron chi connectivity index (χ0n) is 11.8. The lowest BCUT2D eigenvalue weighted by molar-refractivity contribution is 0.174. The van der Waals surface area contributed by atoms with Gasteiger partial charge < -0.3 is 23.4 Å². The fourth-order valence-electron chi connectivity index (χ4n) is 2.98. The first-order valence-corrected chi connectivity index (χ1v) is 7.00. The minimum atomic E-state index is 0.253. The Balaban J connectivity index is 1.75. The summed E-state index contributed by atoms with van der Waals surface area (Å²) < 4.78 is 28.0. The molecule has 0 bridgehead atoms. The number of fused-ring (bicyclic) bond motifs is 6. The maximum absolute atomic E-state index is 6.06. The van der Waals surface area contributed by atoms with Crippen LogP contribution in [0.5, 0.6) is 23.0 Å². The number of furan rings is 1. The van der Waals surface area contributed by atoms with E-state index in [1.807, 2.05) is 30.3 Å². The number of ether oxygens (including phenoxy) is 4. The van der Waals surface area contributed by atoms with Crippen molar-refractivity contribution in [1.29, 1.82) is 0 Å². The number of rotatable bonds is 1. The van der Waals surface area contributed by atoms with Gasteiger partial charge in [0.25, 0.3) is 0 Å². The van der Waals surface area contributed by atoms with Crippen molar-refractivity contribution < 1.29 is 23.4 Å². The largest absolute Gasteiger partial charge is 0.497 e. The first-order valence-electron chi connectivity index (χ1n) is 7.00. The minimum absolute atomic E-state index is 0.253. The number of hydrogen-bond donors (Lipinski definition) is 0. The van der Waals surface area contributed by atoms with Crippen molar-refractivity contribution in [3.8, 4) is 34.3 Å². The lowest BCUT2D eigenvalue weighted by atomic mass is 10.0. The van der Waals surface area contributed by atoms with E-state index in [-0.39, 0.29) is 6.79 Å². The van der Waals surface area contributed by atoms with E-state index in [1.54, 1.807) is 7.11 Å². The molecule has 1 aromatic heterocycles. The molecule has 2 aliphatic heterocycles. The SMILES string of the molecule is COc1ccc2c(c1)OCc1c-2oc2cc3c(cc12)OCO3. The molecular weight excluding hydrogens is 284 g/mol. The van der Waals surface area contributed by atoms with Crippen LogP contribution in [0, 0.1) is 0 Å². The van der Waals surface area contributed by atoms with Crippen LogP contribution in [0.4, 0.5) is 0 Å². The highest BCUT2D eigenvalue weighted by Crippen LogP contribution is 2.46. The van der Waals surface area contributed by atoms with Crippen LogP contribution in [0.15, 0.2) is 34.7 Å². The van der Waals surface area contributed by atoms with Gasteiger partial charge in [-0.15, -0.1) is 0 Å². The van der Waals surface area contributed by atoms with Crippen LogP contribution in [0.1, 0.15) is 5.56 Å². The highest BCUT2D eigenvalue weighted by Gasteiger charge is 2.26. The van der Waals surface area contributed by atoms with Crippen molar-refractivity contribution in [2.75, 3.05) is 13.9 Å². The summed E-state index contributed by atoms with van der Waals surface area (Å²) in [6.45, 7) is 0.714. The Labute approximate surface area is 126 Å². The van der Waals surface area contributed by atoms with E-state index >= 15 is 0 Å². The number of hydrogen-bond acceptors (Lipinski definition) is 5. The first kappa shape index (κ1) is 11.8.